The Morgan fingerprint density at radius 1 is 1.06 bits per heavy atom. The number of carbonyl (C=O) groups is 2. The maximum Gasteiger partial charge on any atom is 0.293 e. The number of ketones is 1. The van der Waals surface area contributed by atoms with Gasteiger partial charge in [-0.15, -0.1) is 0 Å². The van der Waals surface area contributed by atoms with Crippen LogP contribution in [0.3, 0.4) is 0 Å². The molecule has 3 heterocycles. The van der Waals surface area contributed by atoms with Crippen LogP contribution in [0.2, 0.25) is 0 Å². The third-order valence-corrected chi connectivity index (χ3v) is 7.61. The minimum absolute atomic E-state index is 0.0232. The number of carbonyl (C=O) groups excluding carboxylic acids is 2. The zero-order valence-corrected chi connectivity index (χ0v) is 19.6. The first-order chi connectivity index (χ1) is 16.3. The molecule has 0 aliphatic carbocycles. The molecule has 8 nitrogen and oxygen atoms in total. The van der Waals surface area contributed by atoms with Gasteiger partial charge in [0.05, 0.1) is 16.9 Å². The topological polar surface area (TPSA) is 93.0 Å². The predicted octanol–water partition coefficient (Wildman–Crippen LogP) is 4.45. The lowest BCUT2D eigenvalue weighted by Gasteiger charge is -2.44. The van der Waals surface area contributed by atoms with Crippen molar-refractivity contribution in [3.05, 3.63) is 62.7 Å². The van der Waals surface area contributed by atoms with E-state index in [0.717, 1.165) is 37.1 Å². The van der Waals surface area contributed by atoms with Gasteiger partial charge in [-0.2, -0.15) is 0 Å². The van der Waals surface area contributed by atoms with Crippen LogP contribution < -0.4 is 9.64 Å². The monoisotopic (exact) mass is 463 g/mol. The van der Waals surface area contributed by atoms with Crippen molar-refractivity contribution in [2.75, 3.05) is 31.1 Å². The molecule has 0 radical (unpaired) electrons. The van der Waals surface area contributed by atoms with Crippen molar-refractivity contribution in [2.45, 2.75) is 51.6 Å². The van der Waals surface area contributed by atoms with Crippen molar-refractivity contribution in [1.82, 2.24) is 4.90 Å². The van der Waals surface area contributed by atoms with E-state index in [2.05, 4.69) is 0 Å². The van der Waals surface area contributed by atoms with E-state index >= 15 is 0 Å². The number of fused-ring (bicyclic) bond motifs is 1. The highest BCUT2D eigenvalue weighted by Gasteiger charge is 2.44. The van der Waals surface area contributed by atoms with Crippen molar-refractivity contribution < 1.29 is 19.2 Å². The van der Waals surface area contributed by atoms with Gasteiger partial charge >= 0.3 is 0 Å². The van der Waals surface area contributed by atoms with Crippen LogP contribution in [-0.4, -0.2) is 53.3 Å². The minimum Gasteiger partial charge on any atom is -0.486 e. The lowest BCUT2D eigenvalue weighted by Crippen LogP contribution is -2.52. The second kappa shape index (κ2) is 8.42. The number of amides is 1. The number of piperidine rings is 1. The van der Waals surface area contributed by atoms with Crippen LogP contribution in [0, 0.1) is 24.0 Å². The lowest BCUT2D eigenvalue weighted by atomic mass is 9.81. The zero-order chi connectivity index (χ0) is 24.0. The maximum absolute atomic E-state index is 13.2. The van der Waals surface area contributed by atoms with Gasteiger partial charge in [-0.1, -0.05) is 6.07 Å². The van der Waals surface area contributed by atoms with Crippen molar-refractivity contribution >= 4 is 23.1 Å². The number of likely N-dealkylation sites (tertiary alicyclic amines) is 1. The van der Waals surface area contributed by atoms with Crippen LogP contribution in [0.15, 0.2) is 30.3 Å². The van der Waals surface area contributed by atoms with E-state index in [1.807, 2.05) is 30.9 Å². The second-order valence-electron chi connectivity index (χ2n) is 9.72. The van der Waals surface area contributed by atoms with E-state index < -0.39 is 10.5 Å². The van der Waals surface area contributed by atoms with E-state index in [9.17, 15) is 19.7 Å². The summed E-state index contributed by atoms with van der Waals surface area (Å²) in [6.45, 7) is 6.44. The van der Waals surface area contributed by atoms with Gasteiger partial charge in [0.1, 0.15) is 17.0 Å². The van der Waals surface area contributed by atoms with E-state index in [1.54, 1.807) is 17.0 Å². The van der Waals surface area contributed by atoms with Crippen molar-refractivity contribution in [2.24, 2.45) is 0 Å². The molecule has 0 N–H and O–H groups in total. The average Bonchev–Trinajstić information content (AvgIpc) is 3.36. The van der Waals surface area contributed by atoms with E-state index in [4.69, 9.17) is 4.74 Å². The molecule has 3 aliphatic rings. The molecule has 0 unspecified atom stereocenters. The molecule has 3 aliphatic heterocycles. The molecule has 0 saturated carbocycles. The standard InChI is InChI=1S/C26H29N3O5/c1-17-5-7-20-23(30)16-26(34-24(20)18(17)2)9-13-28(14-10-26)25(31)19-6-8-21(22(15-19)29(32)33)27-11-3-4-12-27/h5-8,15H,3-4,9-14,16H2,1-2H3. The molecule has 34 heavy (non-hydrogen) atoms. The Labute approximate surface area is 198 Å². The van der Waals surface area contributed by atoms with Crippen molar-refractivity contribution in [3.63, 3.8) is 0 Å². The normalized spacial score (nSPS) is 19.2. The first kappa shape index (κ1) is 22.4. The van der Waals surface area contributed by atoms with Crippen LogP contribution in [0.4, 0.5) is 11.4 Å². The Hall–Kier alpha value is -3.42. The van der Waals surface area contributed by atoms with Crippen molar-refractivity contribution in [3.8, 4) is 5.75 Å². The van der Waals surface area contributed by atoms with E-state index in [1.165, 1.54) is 6.07 Å². The molecule has 0 aromatic heterocycles. The van der Waals surface area contributed by atoms with Gasteiger partial charge < -0.3 is 14.5 Å². The second-order valence-corrected chi connectivity index (χ2v) is 9.72. The number of Topliss-reactive ketones (excluding diaryl/α,β-unsaturated/α-hetero) is 1. The smallest absolute Gasteiger partial charge is 0.293 e. The number of hydrogen-bond acceptors (Lipinski definition) is 6. The molecule has 5 rings (SSSR count). The average molecular weight is 464 g/mol. The Kier molecular flexibility index (Phi) is 5.54. The van der Waals surface area contributed by atoms with Gasteiger partial charge in [0, 0.05) is 50.7 Å². The molecule has 1 amide bonds. The molecular formula is C26H29N3O5. The summed E-state index contributed by atoms with van der Waals surface area (Å²) >= 11 is 0. The van der Waals surface area contributed by atoms with Crippen LogP contribution in [-0.2, 0) is 0 Å². The Bertz CT molecular complexity index is 1180. The van der Waals surface area contributed by atoms with Gasteiger partial charge in [-0.05, 0) is 56.0 Å². The summed E-state index contributed by atoms with van der Waals surface area (Å²) in [5, 5.41) is 11.7. The Morgan fingerprint density at radius 2 is 1.76 bits per heavy atom. The molecule has 8 heteroatoms. The maximum atomic E-state index is 13.2. The van der Waals surface area contributed by atoms with Crippen LogP contribution in [0.5, 0.6) is 5.75 Å². The molecule has 2 fully saturated rings. The first-order valence-corrected chi connectivity index (χ1v) is 11.9. The molecule has 1 spiro atoms. The minimum atomic E-state index is -0.606. The zero-order valence-electron chi connectivity index (χ0n) is 19.6. The number of anilines is 1. The molecule has 2 aromatic rings. The quantitative estimate of drug-likeness (QED) is 0.493. The summed E-state index contributed by atoms with van der Waals surface area (Å²) in [4.78, 5) is 41.1. The van der Waals surface area contributed by atoms with E-state index in [0.29, 0.717) is 54.9 Å². The highest BCUT2D eigenvalue weighted by molar-refractivity contribution is 6.01. The number of hydrogen-bond donors (Lipinski definition) is 0. The molecule has 0 bridgehead atoms. The van der Waals surface area contributed by atoms with Crippen LogP contribution >= 0.6 is 0 Å². The van der Waals surface area contributed by atoms with Gasteiger partial charge in [0.15, 0.2) is 5.78 Å². The third-order valence-electron chi connectivity index (χ3n) is 7.61. The fourth-order valence-electron chi connectivity index (χ4n) is 5.39. The summed E-state index contributed by atoms with van der Waals surface area (Å²) < 4.78 is 6.45. The number of aryl methyl sites for hydroxylation is 1. The van der Waals surface area contributed by atoms with Crippen molar-refractivity contribution in [1.29, 1.82) is 0 Å². The van der Waals surface area contributed by atoms with Gasteiger partial charge in [-0.3, -0.25) is 19.7 Å². The Morgan fingerprint density at radius 3 is 2.44 bits per heavy atom. The fourth-order valence-corrected chi connectivity index (χ4v) is 5.39. The third kappa shape index (κ3) is 3.81. The molecule has 2 saturated heterocycles. The molecule has 0 atom stereocenters. The number of nitro groups is 1. The summed E-state index contributed by atoms with van der Waals surface area (Å²) in [6, 6.07) is 8.58. The summed E-state index contributed by atoms with van der Waals surface area (Å²) in [5.74, 6) is 0.530. The SMILES string of the molecule is Cc1ccc2c(c1C)OC1(CCN(C(=O)c3ccc(N4CCCC4)c([N+](=O)[O-])c3)CC1)CC2=O. The number of benzene rings is 2. The van der Waals surface area contributed by atoms with E-state index in [-0.39, 0.29) is 17.4 Å². The van der Waals surface area contributed by atoms with Gasteiger partial charge in [0.25, 0.3) is 11.6 Å². The van der Waals surface area contributed by atoms with Crippen LogP contribution in [0.1, 0.15) is 63.9 Å². The molecule has 2 aromatic carbocycles. The Balaban J connectivity index is 1.33. The fraction of sp³-hybridized carbons (Fsp3) is 0.462. The number of nitrogens with zero attached hydrogens (tertiary/aromatic N) is 3. The van der Waals surface area contributed by atoms with Crippen LogP contribution in [0.25, 0.3) is 0 Å². The lowest BCUT2D eigenvalue weighted by molar-refractivity contribution is -0.384. The highest BCUT2D eigenvalue weighted by atomic mass is 16.6. The molecular weight excluding hydrogens is 434 g/mol. The highest BCUT2D eigenvalue weighted by Crippen LogP contribution is 2.42. The number of ether oxygens (including phenoxy) is 1. The largest absolute Gasteiger partial charge is 0.486 e. The van der Waals surface area contributed by atoms with Gasteiger partial charge in [0.2, 0.25) is 0 Å². The summed E-state index contributed by atoms with van der Waals surface area (Å²) in [5.41, 5.74) is 2.97. The predicted molar refractivity (Wildman–Crippen MR) is 128 cm³/mol. The number of rotatable bonds is 3. The summed E-state index contributed by atoms with van der Waals surface area (Å²) in [7, 11) is 0. The molecule has 178 valence electrons. The summed E-state index contributed by atoms with van der Waals surface area (Å²) in [6.07, 6.45) is 3.43. The number of nitro benzene ring substituents is 1. The first-order valence-electron chi connectivity index (χ1n) is 11.9. The van der Waals surface area contributed by atoms with Gasteiger partial charge in [-0.25, -0.2) is 0 Å².